The standard InChI is InChI=1S/C13H9ClN2O/c14-10-4-5-13-9(6-10)8-15-16(13)11-2-1-3-12(17)7-11/h1-8,17H. The SMILES string of the molecule is Oc1cccc(-n2ncc3cc(Cl)ccc32)c1. The summed E-state index contributed by atoms with van der Waals surface area (Å²) in [7, 11) is 0. The van der Waals surface area contributed by atoms with Crippen LogP contribution in [0, 0.1) is 0 Å². The number of aromatic nitrogens is 2. The molecule has 0 spiro atoms. The third-order valence-electron chi connectivity index (χ3n) is 2.60. The summed E-state index contributed by atoms with van der Waals surface area (Å²) in [6.45, 7) is 0. The summed E-state index contributed by atoms with van der Waals surface area (Å²) in [5.74, 6) is 0.222. The van der Waals surface area contributed by atoms with E-state index in [1.807, 2.05) is 24.3 Å². The first-order valence-corrected chi connectivity index (χ1v) is 5.54. The second-order valence-electron chi connectivity index (χ2n) is 3.78. The average Bonchev–Trinajstić information content (AvgIpc) is 2.71. The normalized spacial score (nSPS) is 10.9. The highest BCUT2D eigenvalue weighted by Gasteiger charge is 2.05. The Morgan fingerprint density at radius 1 is 1.12 bits per heavy atom. The highest BCUT2D eigenvalue weighted by atomic mass is 35.5. The number of benzene rings is 2. The van der Waals surface area contributed by atoms with Gasteiger partial charge in [0.1, 0.15) is 5.75 Å². The molecule has 84 valence electrons. The van der Waals surface area contributed by atoms with Crippen LogP contribution in [0.1, 0.15) is 0 Å². The predicted octanol–water partition coefficient (Wildman–Crippen LogP) is 3.38. The third kappa shape index (κ3) is 1.74. The summed E-state index contributed by atoms with van der Waals surface area (Å²) in [6.07, 6.45) is 1.76. The summed E-state index contributed by atoms with van der Waals surface area (Å²) < 4.78 is 1.77. The van der Waals surface area contributed by atoms with Crippen LogP contribution in [-0.4, -0.2) is 14.9 Å². The van der Waals surface area contributed by atoms with Crippen molar-refractivity contribution in [2.24, 2.45) is 0 Å². The van der Waals surface area contributed by atoms with Crippen molar-refractivity contribution in [2.45, 2.75) is 0 Å². The summed E-state index contributed by atoms with van der Waals surface area (Å²) in [6, 6.07) is 12.6. The molecule has 17 heavy (non-hydrogen) atoms. The Morgan fingerprint density at radius 2 is 2.00 bits per heavy atom. The monoisotopic (exact) mass is 244 g/mol. The Labute approximate surface area is 103 Å². The van der Waals surface area contributed by atoms with E-state index in [9.17, 15) is 5.11 Å². The van der Waals surface area contributed by atoms with E-state index in [4.69, 9.17) is 11.6 Å². The van der Waals surface area contributed by atoms with Gasteiger partial charge in [0, 0.05) is 16.5 Å². The van der Waals surface area contributed by atoms with Gasteiger partial charge in [-0.25, -0.2) is 4.68 Å². The van der Waals surface area contributed by atoms with Gasteiger partial charge in [-0.05, 0) is 30.3 Å². The highest BCUT2D eigenvalue weighted by molar-refractivity contribution is 6.31. The largest absolute Gasteiger partial charge is 0.508 e. The van der Waals surface area contributed by atoms with Crippen molar-refractivity contribution >= 4 is 22.5 Å². The average molecular weight is 245 g/mol. The molecule has 0 radical (unpaired) electrons. The van der Waals surface area contributed by atoms with Crippen molar-refractivity contribution in [3.05, 3.63) is 53.7 Å². The van der Waals surface area contributed by atoms with E-state index < -0.39 is 0 Å². The van der Waals surface area contributed by atoms with E-state index in [0.29, 0.717) is 5.02 Å². The van der Waals surface area contributed by atoms with E-state index >= 15 is 0 Å². The van der Waals surface area contributed by atoms with Crippen molar-refractivity contribution in [2.75, 3.05) is 0 Å². The number of hydrogen-bond donors (Lipinski definition) is 1. The van der Waals surface area contributed by atoms with Gasteiger partial charge in [0.25, 0.3) is 0 Å². The molecule has 0 bridgehead atoms. The zero-order chi connectivity index (χ0) is 11.8. The summed E-state index contributed by atoms with van der Waals surface area (Å²) in [5, 5.41) is 15.4. The molecule has 0 saturated heterocycles. The lowest BCUT2D eigenvalue weighted by atomic mass is 10.2. The van der Waals surface area contributed by atoms with Crippen LogP contribution < -0.4 is 0 Å². The fraction of sp³-hybridized carbons (Fsp3) is 0. The zero-order valence-electron chi connectivity index (χ0n) is 8.84. The first-order chi connectivity index (χ1) is 8.24. The van der Waals surface area contributed by atoms with Crippen molar-refractivity contribution in [1.82, 2.24) is 9.78 Å². The van der Waals surface area contributed by atoms with Crippen LogP contribution in [0.15, 0.2) is 48.7 Å². The minimum Gasteiger partial charge on any atom is -0.508 e. The van der Waals surface area contributed by atoms with Gasteiger partial charge >= 0.3 is 0 Å². The molecule has 3 rings (SSSR count). The van der Waals surface area contributed by atoms with Gasteiger partial charge in [0.05, 0.1) is 17.4 Å². The van der Waals surface area contributed by atoms with E-state index in [2.05, 4.69) is 5.10 Å². The summed E-state index contributed by atoms with van der Waals surface area (Å²) in [5.41, 5.74) is 1.78. The van der Waals surface area contributed by atoms with Crippen LogP contribution in [0.5, 0.6) is 5.75 Å². The van der Waals surface area contributed by atoms with Crippen molar-refractivity contribution < 1.29 is 5.11 Å². The van der Waals surface area contributed by atoms with Crippen molar-refractivity contribution in [1.29, 1.82) is 0 Å². The molecular formula is C13H9ClN2O. The number of phenolic OH excluding ortho intramolecular Hbond substituents is 1. The van der Waals surface area contributed by atoms with Crippen LogP contribution in [0.2, 0.25) is 5.02 Å². The van der Waals surface area contributed by atoms with Crippen LogP contribution >= 0.6 is 11.6 Å². The Bertz CT molecular complexity index is 691. The lowest BCUT2D eigenvalue weighted by Crippen LogP contribution is -1.94. The highest BCUT2D eigenvalue weighted by Crippen LogP contribution is 2.23. The number of aromatic hydroxyl groups is 1. The first kappa shape index (κ1) is 10.2. The number of fused-ring (bicyclic) bond motifs is 1. The van der Waals surface area contributed by atoms with Gasteiger partial charge in [-0.1, -0.05) is 17.7 Å². The minimum absolute atomic E-state index is 0.222. The molecule has 1 N–H and O–H groups in total. The lowest BCUT2D eigenvalue weighted by molar-refractivity contribution is 0.475. The molecule has 0 fully saturated rings. The van der Waals surface area contributed by atoms with E-state index in [1.165, 1.54) is 0 Å². The first-order valence-electron chi connectivity index (χ1n) is 5.17. The molecule has 1 heterocycles. The number of phenols is 1. The van der Waals surface area contributed by atoms with Crippen LogP contribution in [0.3, 0.4) is 0 Å². The molecular weight excluding hydrogens is 236 g/mol. The molecule has 3 aromatic rings. The number of hydrogen-bond acceptors (Lipinski definition) is 2. The quantitative estimate of drug-likeness (QED) is 0.713. The second kappa shape index (κ2) is 3.79. The molecule has 0 amide bonds. The van der Waals surface area contributed by atoms with E-state index in [1.54, 1.807) is 29.1 Å². The Kier molecular flexibility index (Phi) is 2.27. The summed E-state index contributed by atoms with van der Waals surface area (Å²) >= 11 is 5.92. The van der Waals surface area contributed by atoms with E-state index in [-0.39, 0.29) is 5.75 Å². The number of nitrogens with zero attached hydrogens (tertiary/aromatic N) is 2. The molecule has 0 atom stereocenters. The van der Waals surface area contributed by atoms with Gasteiger partial charge in [-0.3, -0.25) is 0 Å². The minimum atomic E-state index is 0.222. The molecule has 0 saturated carbocycles. The lowest BCUT2D eigenvalue weighted by Gasteiger charge is -2.03. The molecule has 2 aromatic carbocycles. The maximum absolute atomic E-state index is 9.47. The van der Waals surface area contributed by atoms with Crippen molar-refractivity contribution in [3.63, 3.8) is 0 Å². The predicted molar refractivity (Wildman–Crippen MR) is 67.7 cm³/mol. The Hall–Kier alpha value is -2.00. The van der Waals surface area contributed by atoms with Gasteiger partial charge in [-0.2, -0.15) is 5.10 Å². The van der Waals surface area contributed by atoms with Gasteiger partial charge in [-0.15, -0.1) is 0 Å². The number of rotatable bonds is 1. The van der Waals surface area contributed by atoms with E-state index in [0.717, 1.165) is 16.6 Å². The molecule has 0 unspecified atom stereocenters. The maximum atomic E-state index is 9.47. The van der Waals surface area contributed by atoms with Gasteiger partial charge in [0.2, 0.25) is 0 Å². The molecule has 4 heteroatoms. The smallest absolute Gasteiger partial charge is 0.117 e. The zero-order valence-corrected chi connectivity index (χ0v) is 9.59. The van der Waals surface area contributed by atoms with Crippen LogP contribution in [0.25, 0.3) is 16.6 Å². The molecule has 0 aliphatic carbocycles. The maximum Gasteiger partial charge on any atom is 0.117 e. The van der Waals surface area contributed by atoms with Crippen molar-refractivity contribution in [3.8, 4) is 11.4 Å². The number of halogens is 1. The molecule has 0 aliphatic heterocycles. The molecule has 0 aliphatic rings. The third-order valence-corrected chi connectivity index (χ3v) is 2.84. The topological polar surface area (TPSA) is 38.0 Å². The van der Waals surface area contributed by atoms with Crippen LogP contribution in [-0.2, 0) is 0 Å². The Balaban J connectivity index is 2.24. The molecule has 1 aromatic heterocycles. The van der Waals surface area contributed by atoms with Crippen LogP contribution in [0.4, 0.5) is 0 Å². The fourth-order valence-electron chi connectivity index (χ4n) is 1.83. The van der Waals surface area contributed by atoms with Gasteiger partial charge in [0.15, 0.2) is 0 Å². The fourth-order valence-corrected chi connectivity index (χ4v) is 2.01. The second-order valence-corrected chi connectivity index (χ2v) is 4.22. The molecule has 3 nitrogen and oxygen atoms in total. The van der Waals surface area contributed by atoms with Gasteiger partial charge < -0.3 is 5.11 Å². The Morgan fingerprint density at radius 3 is 2.82 bits per heavy atom. The summed E-state index contributed by atoms with van der Waals surface area (Å²) in [4.78, 5) is 0.